The van der Waals surface area contributed by atoms with Crippen LogP contribution in [0, 0.1) is 5.82 Å². The summed E-state index contributed by atoms with van der Waals surface area (Å²) >= 11 is 0. The standard InChI is InChI=1S/C11H12FNO/c1-13-7-6-10(14)11(13)8-4-2-3-5-9(8)12/h2-5,11H,6-7H2,1H3. The van der Waals surface area contributed by atoms with Gasteiger partial charge in [-0.1, -0.05) is 18.2 Å². The molecule has 0 N–H and O–H groups in total. The molecule has 1 aromatic rings. The number of Topliss-reactive ketones (excluding diaryl/α,β-unsaturated/α-hetero) is 1. The van der Waals surface area contributed by atoms with Gasteiger partial charge in [0.05, 0.1) is 6.04 Å². The largest absolute Gasteiger partial charge is 0.297 e. The molecular weight excluding hydrogens is 181 g/mol. The van der Waals surface area contributed by atoms with Crippen LogP contribution in [-0.2, 0) is 4.79 Å². The van der Waals surface area contributed by atoms with Crippen LogP contribution in [-0.4, -0.2) is 24.3 Å². The molecule has 0 radical (unpaired) electrons. The van der Waals surface area contributed by atoms with Crippen molar-refractivity contribution in [1.29, 1.82) is 0 Å². The van der Waals surface area contributed by atoms with Gasteiger partial charge < -0.3 is 0 Å². The number of ketones is 1. The zero-order chi connectivity index (χ0) is 10.1. The molecule has 1 heterocycles. The Kier molecular flexibility index (Phi) is 2.33. The van der Waals surface area contributed by atoms with E-state index in [1.807, 2.05) is 11.9 Å². The summed E-state index contributed by atoms with van der Waals surface area (Å²) < 4.78 is 13.4. The average molecular weight is 193 g/mol. The molecule has 0 saturated carbocycles. The molecule has 3 heteroatoms. The molecule has 1 unspecified atom stereocenters. The molecule has 1 atom stereocenters. The highest BCUT2D eigenvalue weighted by molar-refractivity contribution is 5.87. The van der Waals surface area contributed by atoms with Gasteiger partial charge in [-0.2, -0.15) is 0 Å². The first kappa shape index (κ1) is 9.34. The van der Waals surface area contributed by atoms with E-state index in [2.05, 4.69) is 0 Å². The van der Waals surface area contributed by atoms with Crippen molar-refractivity contribution in [2.45, 2.75) is 12.5 Å². The second-order valence-corrected chi connectivity index (χ2v) is 3.62. The number of hydrogen-bond acceptors (Lipinski definition) is 2. The molecule has 0 aliphatic carbocycles. The van der Waals surface area contributed by atoms with E-state index < -0.39 is 0 Å². The van der Waals surface area contributed by atoms with E-state index in [1.54, 1.807) is 18.2 Å². The molecule has 0 aromatic heterocycles. The molecule has 2 rings (SSSR count). The van der Waals surface area contributed by atoms with Crippen LogP contribution in [0.25, 0.3) is 0 Å². The second-order valence-electron chi connectivity index (χ2n) is 3.62. The Morgan fingerprint density at radius 3 is 2.71 bits per heavy atom. The highest BCUT2D eigenvalue weighted by Gasteiger charge is 2.32. The fourth-order valence-electron chi connectivity index (χ4n) is 1.91. The summed E-state index contributed by atoms with van der Waals surface area (Å²) in [6.07, 6.45) is 0.523. The lowest BCUT2D eigenvalue weighted by Gasteiger charge is -2.18. The van der Waals surface area contributed by atoms with Crippen LogP contribution in [0.4, 0.5) is 4.39 Å². The Labute approximate surface area is 82.3 Å². The SMILES string of the molecule is CN1CCC(=O)C1c1ccccc1F. The van der Waals surface area contributed by atoms with Crippen LogP contribution in [0.1, 0.15) is 18.0 Å². The van der Waals surface area contributed by atoms with E-state index in [0.717, 1.165) is 6.54 Å². The number of carbonyl (C=O) groups is 1. The predicted molar refractivity (Wildman–Crippen MR) is 51.4 cm³/mol. The van der Waals surface area contributed by atoms with Crippen LogP contribution in [0.5, 0.6) is 0 Å². The predicted octanol–water partition coefficient (Wildman–Crippen LogP) is 1.77. The number of nitrogens with zero attached hydrogens (tertiary/aromatic N) is 1. The van der Waals surface area contributed by atoms with Crippen LogP contribution in [0.15, 0.2) is 24.3 Å². The van der Waals surface area contributed by atoms with Gasteiger partial charge in [-0.3, -0.25) is 9.69 Å². The maximum atomic E-state index is 13.4. The normalized spacial score (nSPS) is 23.0. The summed E-state index contributed by atoms with van der Waals surface area (Å²) in [5.74, 6) is -0.183. The number of likely N-dealkylation sites (tertiary alicyclic amines) is 1. The molecule has 2 nitrogen and oxygen atoms in total. The monoisotopic (exact) mass is 193 g/mol. The molecule has 1 aromatic carbocycles. The smallest absolute Gasteiger partial charge is 0.155 e. The fourth-order valence-corrected chi connectivity index (χ4v) is 1.91. The molecule has 1 fully saturated rings. The summed E-state index contributed by atoms with van der Waals surface area (Å²) in [5, 5.41) is 0. The zero-order valence-corrected chi connectivity index (χ0v) is 8.03. The quantitative estimate of drug-likeness (QED) is 0.677. The van der Waals surface area contributed by atoms with Crippen molar-refractivity contribution in [2.75, 3.05) is 13.6 Å². The van der Waals surface area contributed by atoms with Crippen LogP contribution in [0.3, 0.4) is 0 Å². The first-order valence-electron chi connectivity index (χ1n) is 4.67. The summed E-state index contributed by atoms with van der Waals surface area (Å²) in [4.78, 5) is 13.4. The minimum Gasteiger partial charge on any atom is -0.297 e. The number of hydrogen-bond donors (Lipinski definition) is 0. The van der Waals surface area contributed by atoms with Gasteiger partial charge in [0.2, 0.25) is 0 Å². The summed E-state index contributed by atoms with van der Waals surface area (Å²) in [5.41, 5.74) is 0.498. The number of carbonyl (C=O) groups excluding carboxylic acids is 1. The van der Waals surface area contributed by atoms with E-state index in [4.69, 9.17) is 0 Å². The van der Waals surface area contributed by atoms with E-state index in [9.17, 15) is 9.18 Å². The Morgan fingerprint density at radius 1 is 1.43 bits per heavy atom. The van der Waals surface area contributed by atoms with E-state index in [-0.39, 0.29) is 17.6 Å². The topological polar surface area (TPSA) is 20.3 Å². The molecule has 1 aliphatic heterocycles. The van der Waals surface area contributed by atoms with E-state index in [1.165, 1.54) is 6.07 Å². The number of halogens is 1. The van der Waals surface area contributed by atoms with Crippen LogP contribution < -0.4 is 0 Å². The van der Waals surface area contributed by atoms with Gasteiger partial charge in [0.15, 0.2) is 5.78 Å². The van der Waals surface area contributed by atoms with Crippen LogP contribution >= 0.6 is 0 Å². The summed E-state index contributed by atoms with van der Waals surface area (Å²) in [6, 6.07) is 6.10. The second kappa shape index (κ2) is 3.50. The van der Waals surface area contributed by atoms with Gasteiger partial charge in [0.1, 0.15) is 5.82 Å². The maximum Gasteiger partial charge on any atom is 0.155 e. The lowest BCUT2D eigenvalue weighted by Crippen LogP contribution is -2.22. The lowest BCUT2D eigenvalue weighted by molar-refractivity contribution is -0.119. The van der Waals surface area contributed by atoms with Crippen molar-refractivity contribution in [2.24, 2.45) is 0 Å². The third kappa shape index (κ3) is 1.44. The van der Waals surface area contributed by atoms with Crippen molar-refractivity contribution in [3.63, 3.8) is 0 Å². The molecular formula is C11H12FNO. The molecule has 74 valence electrons. The van der Waals surface area contributed by atoms with Crippen molar-refractivity contribution in [3.05, 3.63) is 35.6 Å². The highest BCUT2D eigenvalue weighted by atomic mass is 19.1. The summed E-state index contributed by atoms with van der Waals surface area (Å²) in [6.45, 7) is 0.720. The molecule has 0 amide bonds. The Hall–Kier alpha value is -1.22. The lowest BCUT2D eigenvalue weighted by atomic mass is 10.0. The summed E-state index contributed by atoms with van der Waals surface area (Å²) in [7, 11) is 1.85. The molecule has 0 spiro atoms. The Morgan fingerprint density at radius 2 is 2.14 bits per heavy atom. The molecule has 14 heavy (non-hydrogen) atoms. The number of benzene rings is 1. The zero-order valence-electron chi connectivity index (χ0n) is 8.03. The van der Waals surface area contributed by atoms with Crippen molar-refractivity contribution < 1.29 is 9.18 Å². The minimum absolute atomic E-state index is 0.109. The van der Waals surface area contributed by atoms with Crippen LogP contribution in [0.2, 0.25) is 0 Å². The van der Waals surface area contributed by atoms with Gasteiger partial charge >= 0.3 is 0 Å². The third-order valence-electron chi connectivity index (χ3n) is 2.66. The van der Waals surface area contributed by atoms with Gasteiger partial charge in [-0.15, -0.1) is 0 Å². The number of likely N-dealkylation sites (N-methyl/N-ethyl adjacent to an activating group) is 1. The maximum absolute atomic E-state index is 13.4. The van der Waals surface area contributed by atoms with Crippen molar-refractivity contribution in [3.8, 4) is 0 Å². The van der Waals surface area contributed by atoms with Gasteiger partial charge in [-0.05, 0) is 13.1 Å². The third-order valence-corrected chi connectivity index (χ3v) is 2.66. The Bertz CT molecular complexity index is 364. The highest BCUT2D eigenvalue weighted by Crippen LogP contribution is 2.28. The molecule has 1 saturated heterocycles. The first-order valence-corrected chi connectivity index (χ1v) is 4.67. The molecule has 1 aliphatic rings. The number of rotatable bonds is 1. The minimum atomic E-state index is -0.379. The van der Waals surface area contributed by atoms with Gasteiger partial charge in [-0.25, -0.2) is 4.39 Å². The average Bonchev–Trinajstić information content (AvgIpc) is 2.48. The van der Waals surface area contributed by atoms with Gasteiger partial charge in [0.25, 0.3) is 0 Å². The Balaban J connectivity index is 2.39. The van der Waals surface area contributed by atoms with E-state index in [0.29, 0.717) is 12.0 Å². The van der Waals surface area contributed by atoms with Crippen molar-refractivity contribution in [1.82, 2.24) is 4.90 Å². The van der Waals surface area contributed by atoms with E-state index >= 15 is 0 Å². The molecule has 0 bridgehead atoms. The fraction of sp³-hybridized carbons (Fsp3) is 0.364. The van der Waals surface area contributed by atoms with Gasteiger partial charge in [0, 0.05) is 18.5 Å². The first-order chi connectivity index (χ1) is 6.70. The van der Waals surface area contributed by atoms with Crippen molar-refractivity contribution >= 4 is 5.78 Å².